The van der Waals surface area contributed by atoms with Gasteiger partial charge in [0.1, 0.15) is 0 Å². The normalized spacial score (nSPS) is 11.3. The summed E-state index contributed by atoms with van der Waals surface area (Å²) in [6.45, 7) is 0. The van der Waals surface area contributed by atoms with Gasteiger partial charge in [0.25, 0.3) is 0 Å². The zero-order chi connectivity index (χ0) is 12.9. The van der Waals surface area contributed by atoms with Gasteiger partial charge in [0.15, 0.2) is 0 Å². The molecule has 0 nitrogen and oxygen atoms in total. The summed E-state index contributed by atoms with van der Waals surface area (Å²) in [6.07, 6.45) is 0. The lowest BCUT2D eigenvalue weighted by Gasteiger charge is -2.07. The van der Waals surface area contributed by atoms with Gasteiger partial charge >= 0.3 is 0 Å². The summed E-state index contributed by atoms with van der Waals surface area (Å²) in [5.41, 5.74) is 0. The Hall–Kier alpha value is -0.660. The molecule has 0 atom stereocenters. The van der Waals surface area contributed by atoms with Gasteiger partial charge in [-0.2, -0.15) is 0 Å². The van der Waals surface area contributed by atoms with Crippen molar-refractivity contribution in [2.24, 2.45) is 0 Å². The SMILES string of the molecule is Clc1[c]c2cc3c(Cl)c[c]cc3cc2c(Cl)c1Cl. The first kappa shape index (κ1) is 12.4. The predicted molar refractivity (Wildman–Crippen MR) is 79.2 cm³/mol. The molecule has 3 rings (SSSR count). The van der Waals surface area contributed by atoms with Crippen LogP contribution in [0.4, 0.5) is 0 Å². The van der Waals surface area contributed by atoms with Crippen LogP contribution < -0.4 is 0 Å². The molecule has 0 saturated heterocycles. The summed E-state index contributed by atoms with van der Waals surface area (Å²) in [5, 5.41) is 5.13. The van der Waals surface area contributed by atoms with E-state index in [1.54, 1.807) is 6.07 Å². The maximum absolute atomic E-state index is 6.19. The van der Waals surface area contributed by atoms with Crippen molar-refractivity contribution in [2.75, 3.05) is 0 Å². The van der Waals surface area contributed by atoms with Gasteiger partial charge in [0.2, 0.25) is 0 Å². The Morgan fingerprint density at radius 3 is 2.39 bits per heavy atom. The second-order valence-electron chi connectivity index (χ2n) is 3.86. The fourth-order valence-electron chi connectivity index (χ4n) is 1.90. The molecule has 2 radical (unpaired) electrons. The van der Waals surface area contributed by atoms with Gasteiger partial charge in [-0.15, -0.1) is 0 Å². The highest BCUT2D eigenvalue weighted by atomic mass is 35.5. The second-order valence-corrected chi connectivity index (χ2v) is 5.40. The van der Waals surface area contributed by atoms with Crippen molar-refractivity contribution < 1.29 is 0 Å². The molecule has 0 unspecified atom stereocenters. The van der Waals surface area contributed by atoms with Crippen LogP contribution in [0.15, 0.2) is 24.3 Å². The number of fused-ring (bicyclic) bond motifs is 2. The Balaban J connectivity index is 2.53. The van der Waals surface area contributed by atoms with E-state index in [9.17, 15) is 0 Å². The number of rotatable bonds is 0. The minimum absolute atomic E-state index is 0.312. The smallest absolute Gasteiger partial charge is 0.0791 e. The average Bonchev–Trinajstić information content (AvgIpc) is 2.36. The van der Waals surface area contributed by atoms with Crippen LogP contribution in [0.2, 0.25) is 20.1 Å². The van der Waals surface area contributed by atoms with Crippen molar-refractivity contribution in [1.29, 1.82) is 0 Å². The maximum atomic E-state index is 6.19. The van der Waals surface area contributed by atoms with E-state index in [-0.39, 0.29) is 0 Å². The van der Waals surface area contributed by atoms with Gasteiger partial charge < -0.3 is 0 Å². The van der Waals surface area contributed by atoms with Crippen molar-refractivity contribution in [3.63, 3.8) is 0 Å². The first-order valence-electron chi connectivity index (χ1n) is 5.07. The van der Waals surface area contributed by atoms with Gasteiger partial charge in [0, 0.05) is 21.9 Å². The number of halogens is 4. The molecule has 88 valence electrons. The highest BCUT2D eigenvalue weighted by molar-refractivity contribution is 6.50. The summed E-state index contributed by atoms with van der Waals surface area (Å²) in [5.74, 6) is 0. The predicted octanol–water partition coefficient (Wildman–Crippen LogP) is 6.21. The zero-order valence-electron chi connectivity index (χ0n) is 8.82. The summed E-state index contributed by atoms with van der Waals surface area (Å²) in [7, 11) is 0. The van der Waals surface area contributed by atoms with Crippen LogP contribution in [0.5, 0.6) is 0 Å². The highest BCUT2D eigenvalue weighted by Gasteiger charge is 2.11. The molecule has 0 saturated carbocycles. The average molecular weight is 314 g/mol. The van der Waals surface area contributed by atoms with E-state index in [1.165, 1.54) is 0 Å². The third kappa shape index (κ3) is 1.85. The minimum Gasteiger partial charge on any atom is -0.0836 e. The first-order chi connectivity index (χ1) is 8.58. The van der Waals surface area contributed by atoms with Crippen molar-refractivity contribution in [3.8, 4) is 0 Å². The quantitative estimate of drug-likeness (QED) is 0.342. The van der Waals surface area contributed by atoms with Crippen molar-refractivity contribution >= 4 is 67.9 Å². The van der Waals surface area contributed by atoms with Gasteiger partial charge in [-0.05, 0) is 41.1 Å². The van der Waals surface area contributed by atoms with Crippen LogP contribution in [0, 0.1) is 12.1 Å². The Morgan fingerprint density at radius 2 is 1.61 bits per heavy atom. The van der Waals surface area contributed by atoms with Crippen LogP contribution in [0.25, 0.3) is 21.5 Å². The summed E-state index contributed by atoms with van der Waals surface area (Å²) >= 11 is 24.3. The Kier molecular flexibility index (Phi) is 3.07. The molecule has 0 bridgehead atoms. The lowest BCUT2D eigenvalue weighted by molar-refractivity contribution is 1.74. The monoisotopic (exact) mass is 312 g/mol. The van der Waals surface area contributed by atoms with E-state index in [2.05, 4.69) is 12.1 Å². The van der Waals surface area contributed by atoms with Gasteiger partial charge in [0.05, 0.1) is 15.1 Å². The molecule has 0 aromatic heterocycles. The molecule has 4 heteroatoms. The lowest BCUT2D eigenvalue weighted by atomic mass is 10.0. The molecule has 0 aliphatic carbocycles. The highest BCUT2D eigenvalue weighted by Crippen LogP contribution is 2.38. The molecule has 0 fully saturated rings. The van der Waals surface area contributed by atoms with Crippen LogP contribution in [-0.4, -0.2) is 0 Å². The van der Waals surface area contributed by atoms with Crippen LogP contribution >= 0.6 is 46.4 Å². The summed E-state index contributed by atoms with van der Waals surface area (Å²) < 4.78 is 0. The van der Waals surface area contributed by atoms with E-state index in [0.717, 1.165) is 21.5 Å². The first-order valence-corrected chi connectivity index (χ1v) is 6.58. The van der Waals surface area contributed by atoms with Gasteiger partial charge in [-0.3, -0.25) is 0 Å². The molecule has 0 aliphatic heterocycles. The summed E-state index contributed by atoms with van der Waals surface area (Å²) in [6, 6.07) is 13.3. The lowest BCUT2D eigenvalue weighted by Crippen LogP contribution is -1.82. The third-order valence-corrected chi connectivity index (χ3v) is 4.32. The van der Waals surface area contributed by atoms with Crippen LogP contribution in [0.3, 0.4) is 0 Å². The fourth-order valence-corrected chi connectivity index (χ4v) is 2.77. The zero-order valence-corrected chi connectivity index (χ0v) is 11.8. The Labute approximate surface area is 124 Å². The standard InChI is InChI=1S/C14H4Cl4/c15-11-3-1-2-7-4-10-8(5-9(7)11)6-12(16)14(18)13(10)17/h2-5H. The van der Waals surface area contributed by atoms with E-state index in [4.69, 9.17) is 46.4 Å². The third-order valence-electron chi connectivity index (χ3n) is 2.76. The van der Waals surface area contributed by atoms with Crippen LogP contribution in [0.1, 0.15) is 0 Å². The molecule has 3 aromatic rings. The number of hydrogen-bond acceptors (Lipinski definition) is 0. The second kappa shape index (κ2) is 4.47. The molecule has 0 aliphatic rings. The van der Waals surface area contributed by atoms with Crippen molar-refractivity contribution in [2.45, 2.75) is 0 Å². The largest absolute Gasteiger partial charge is 0.0836 e. The van der Waals surface area contributed by atoms with Gasteiger partial charge in [-0.25, -0.2) is 0 Å². The van der Waals surface area contributed by atoms with E-state index in [1.807, 2.05) is 18.2 Å². The molecular formula is C14H4Cl4. The topological polar surface area (TPSA) is 0 Å². The molecule has 18 heavy (non-hydrogen) atoms. The maximum Gasteiger partial charge on any atom is 0.0791 e. The van der Waals surface area contributed by atoms with E-state index in [0.29, 0.717) is 20.1 Å². The van der Waals surface area contributed by atoms with Crippen molar-refractivity contribution in [1.82, 2.24) is 0 Å². The minimum atomic E-state index is 0.312. The molecule has 0 amide bonds. The summed E-state index contributed by atoms with van der Waals surface area (Å²) in [4.78, 5) is 0. The molecule has 0 spiro atoms. The Bertz CT molecular complexity index is 778. The molecule has 0 N–H and O–H groups in total. The van der Waals surface area contributed by atoms with E-state index < -0.39 is 0 Å². The number of benzene rings is 3. The van der Waals surface area contributed by atoms with Gasteiger partial charge in [-0.1, -0.05) is 46.4 Å². The number of hydrogen-bond donors (Lipinski definition) is 0. The molecular weight excluding hydrogens is 310 g/mol. The van der Waals surface area contributed by atoms with Crippen LogP contribution in [-0.2, 0) is 0 Å². The molecule has 0 heterocycles. The Morgan fingerprint density at radius 1 is 0.833 bits per heavy atom. The van der Waals surface area contributed by atoms with E-state index >= 15 is 0 Å². The van der Waals surface area contributed by atoms with Crippen molar-refractivity contribution in [3.05, 3.63) is 56.5 Å². The molecule has 3 aromatic carbocycles. The fraction of sp³-hybridized carbons (Fsp3) is 0.